The summed E-state index contributed by atoms with van der Waals surface area (Å²) in [6.07, 6.45) is -3.57. The van der Waals surface area contributed by atoms with Gasteiger partial charge in [-0.3, -0.25) is 14.3 Å². The van der Waals surface area contributed by atoms with E-state index in [1.165, 1.54) is 16.4 Å². The van der Waals surface area contributed by atoms with E-state index in [4.69, 9.17) is 5.73 Å². The van der Waals surface area contributed by atoms with Crippen LogP contribution in [0.4, 0.5) is 23.2 Å². The van der Waals surface area contributed by atoms with E-state index < -0.39 is 59.2 Å². The summed E-state index contributed by atoms with van der Waals surface area (Å²) in [6.45, 7) is 0.560. The van der Waals surface area contributed by atoms with Crippen molar-refractivity contribution in [1.29, 1.82) is 0 Å². The highest BCUT2D eigenvalue weighted by atomic mass is 19.3. The van der Waals surface area contributed by atoms with Crippen LogP contribution < -0.4 is 21.9 Å². The van der Waals surface area contributed by atoms with Gasteiger partial charge in [-0.15, -0.1) is 0 Å². The maximum absolute atomic E-state index is 15.4. The number of alkyl halides is 3. The van der Waals surface area contributed by atoms with Crippen molar-refractivity contribution in [3.63, 3.8) is 0 Å². The van der Waals surface area contributed by atoms with Crippen molar-refractivity contribution in [2.45, 2.75) is 44.4 Å². The number of nitrogens with one attached hydrogen (secondary N) is 1. The van der Waals surface area contributed by atoms with Crippen LogP contribution in [0.5, 0.6) is 0 Å². The van der Waals surface area contributed by atoms with Gasteiger partial charge in [-0.05, 0) is 19.8 Å². The number of hydrogen-bond acceptors (Lipinski definition) is 5. The van der Waals surface area contributed by atoms with Gasteiger partial charge in [-0.1, -0.05) is 0 Å². The normalized spacial score (nSPS) is 23.0. The Morgan fingerprint density at radius 3 is 2.50 bits per heavy atom. The number of benzene rings is 1. The van der Waals surface area contributed by atoms with Crippen LogP contribution in [-0.4, -0.2) is 46.6 Å². The maximum Gasteiger partial charge on any atom is 0.329 e. The number of anilines is 1. The molecule has 2 heterocycles. The minimum absolute atomic E-state index is 0.0525. The molecular formula is C19H22F4N4O3. The second-order valence-corrected chi connectivity index (χ2v) is 8.02. The first-order valence-corrected chi connectivity index (χ1v) is 9.71. The lowest BCUT2D eigenvalue weighted by Crippen LogP contribution is -2.39. The van der Waals surface area contributed by atoms with Crippen molar-refractivity contribution < 1.29 is 22.7 Å². The number of fused-ring (bicyclic) bond motifs is 1. The lowest BCUT2D eigenvalue weighted by molar-refractivity contribution is 0.148. The van der Waals surface area contributed by atoms with Crippen LogP contribution in [0.3, 0.4) is 0 Å². The molecule has 30 heavy (non-hydrogen) atoms. The van der Waals surface area contributed by atoms with Crippen molar-refractivity contribution in [3.05, 3.63) is 37.8 Å². The Kier molecular flexibility index (Phi) is 5.13. The topological polar surface area (TPSA) is 104 Å². The molecule has 164 valence electrons. The van der Waals surface area contributed by atoms with E-state index in [0.29, 0.717) is 12.8 Å². The molecular weight excluding hydrogens is 408 g/mol. The van der Waals surface area contributed by atoms with E-state index in [0.717, 1.165) is 0 Å². The van der Waals surface area contributed by atoms with Crippen molar-refractivity contribution in [2.24, 2.45) is 11.7 Å². The lowest BCUT2D eigenvalue weighted by atomic mass is 9.99. The molecule has 1 aliphatic heterocycles. The molecule has 1 saturated heterocycles. The quantitative estimate of drug-likeness (QED) is 0.624. The first-order valence-electron chi connectivity index (χ1n) is 9.71. The van der Waals surface area contributed by atoms with E-state index in [-0.39, 0.29) is 35.9 Å². The third-order valence-corrected chi connectivity index (χ3v) is 6.07. The lowest BCUT2D eigenvalue weighted by Gasteiger charge is -2.26. The predicted molar refractivity (Wildman–Crippen MR) is 102 cm³/mol. The Morgan fingerprint density at radius 1 is 1.27 bits per heavy atom. The summed E-state index contributed by atoms with van der Waals surface area (Å²) in [6, 6.07) is -1.17. The molecule has 0 amide bonds. The molecule has 4 N–H and O–H groups in total. The highest BCUT2D eigenvalue weighted by Gasteiger charge is 2.40. The van der Waals surface area contributed by atoms with Crippen LogP contribution in [0.15, 0.2) is 9.59 Å². The van der Waals surface area contributed by atoms with Crippen molar-refractivity contribution in [2.75, 3.05) is 24.6 Å². The molecule has 1 aromatic heterocycles. The molecule has 0 spiro atoms. The number of aliphatic hydroxyl groups is 1. The number of hydrogen-bond donors (Lipinski definition) is 3. The Bertz CT molecular complexity index is 1110. The van der Waals surface area contributed by atoms with Crippen LogP contribution in [0.1, 0.15) is 36.4 Å². The van der Waals surface area contributed by atoms with Gasteiger partial charge in [0.25, 0.3) is 12.0 Å². The fraction of sp³-hybridized carbons (Fsp3) is 0.579. The van der Waals surface area contributed by atoms with Crippen LogP contribution in [0.25, 0.3) is 10.9 Å². The summed E-state index contributed by atoms with van der Waals surface area (Å²) >= 11 is 0. The van der Waals surface area contributed by atoms with Crippen LogP contribution in [0, 0.1) is 18.7 Å². The van der Waals surface area contributed by atoms with Crippen LogP contribution in [-0.2, 0) is 0 Å². The Hall–Kier alpha value is -2.40. The summed E-state index contributed by atoms with van der Waals surface area (Å²) in [4.78, 5) is 28.1. The summed E-state index contributed by atoms with van der Waals surface area (Å²) in [5.74, 6) is -2.13. The van der Waals surface area contributed by atoms with E-state index in [9.17, 15) is 27.9 Å². The molecule has 0 bridgehead atoms. The van der Waals surface area contributed by atoms with E-state index in [1.807, 2.05) is 4.98 Å². The number of aliphatic hydroxyl groups excluding tert-OH is 1. The molecule has 11 heteroatoms. The number of nitrogens with two attached hydrogens (primary N) is 1. The summed E-state index contributed by atoms with van der Waals surface area (Å²) in [5.41, 5.74) is 2.60. The fourth-order valence-electron chi connectivity index (χ4n) is 4.45. The van der Waals surface area contributed by atoms with Gasteiger partial charge in [0, 0.05) is 36.7 Å². The molecule has 1 aliphatic carbocycles. The number of nitrogens with zero attached hydrogens (tertiary/aromatic N) is 2. The first-order chi connectivity index (χ1) is 14.2. The third kappa shape index (κ3) is 3.11. The van der Waals surface area contributed by atoms with Gasteiger partial charge in [0.1, 0.15) is 6.17 Å². The first kappa shape index (κ1) is 20.9. The second-order valence-electron chi connectivity index (χ2n) is 8.02. The SMILES string of the molecule is Cc1c(N2CC(F)C(C(N)CO)C2)c(F)c(C(F)F)c2c(=O)[nH]c(=O)n(C3CC3)c12. The van der Waals surface area contributed by atoms with Gasteiger partial charge in [0.2, 0.25) is 0 Å². The van der Waals surface area contributed by atoms with Gasteiger partial charge in [-0.25, -0.2) is 22.4 Å². The van der Waals surface area contributed by atoms with Gasteiger partial charge in [0.15, 0.2) is 5.82 Å². The standard InChI is InChI=1S/C19H22F4N4O3/c1-7-15-13(18(29)25-19(30)27(15)8-2-3-8)12(17(22)23)14(21)16(7)26-4-9(10(20)5-26)11(24)6-28/h8-11,17,28H,2-6,24H2,1H3,(H,25,29,30). The van der Waals surface area contributed by atoms with Crippen molar-refractivity contribution >= 4 is 16.6 Å². The smallest absolute Gasteiger partial charge is 0.329 e. The maximum atomic E-state index is 15.4. The molecule has 2 fully saturated rings. The number of aromatic nitrogens is 2. The molecule has 1 saturated carbocycles. The Morgan fingerprint density at radius 2 is 1.93 bits per heavy atom. The number of halogens is 4. The minimum atomic E-state index is -3.32. The van der Waals surface area contributed by atoms with E-state index in [2.05, 4.69) is 0 Å². The van der Waals surface area contributed by atoms with Gasteiger partial charge in [0.05, 0.1) is 28.8 Å². The Balaban J connectivity index is 2.01. The average Bonchev–Trinajstić information content (AvgIpc) is 3.43. The summed E-state index contributed by atoms with van der Waals surface area (Å²) < 4.78 is 58.9. The summed E-state index contributed by atoms with van der Waals surface area (Å²) in [7, 11) is 0. The highest BCUT2D eigenvalue weighted by Crippen LogP contribution is 2.43. The zero-order valence-electron chi connectivity index (χ0n) is 16.2. The molecule has 2 aliphatic rings. The molecule has 2 aromatic rings. The third-order valence-electron chi connectivity index (χ3n) is 6.07. The van der Waals surface area contributed by atoms with E-state index in [1.54, 1.807) is 0 Å². The average molecular weight is 430 g/mol. The minimum Gasteiger partial charge on any atom is -0.395 e. The molecule has 0 radical (unpaired) electrons. The number of rotatable bonds is 5. The second kappa shape index (κ2) is 7.38. The molecule has 7 nitrogen and oxygen atoms in total. The highest BCUT2D eigenvalue weighted by molar-refractivity contribution is 5.90. The van der Waals surface area contributed by atoms with Crippen molar-refractivity contribution in [1.82, 2.24) is 9.55 Å². The molecule has 3 atom stereocenters. The largest absolute Gasteiger partial charge is 0.395 e. The van der Waals surface area contributed by atoms with E-state index >= 15 is 4.39 Å². The molecule has 1 aromatic carbocycles. The number of aromatic amines is 1. The van der Waals surface area contributed by atoms with Gasteiger partial charge < -0.3 is 15.7 Å². The molecule has 3 unspecified atom stereocenters. The zero-order valence-corrected chi connectivity index (χ0v) is 16.2. The van der Waals surface area contributed by atoms with Crippen LogP contribution >= 0.6 is 0 Å². The van der Waals surface area contributed by atoms with Crippen LogP contribution in [0.2, 0.25) is 0 Å². The predicted octanol–water partition coefficient (Wildman–Crippen LogP) is 1.50. The molecule has 4 rings (SSSR count). The fourth-order valence-corrected chi connectivity index (χ4v) is 4.45. The number of aryl methyl sites for hydroxylation is 1. The Labute approximate surface area is 168 Å². The van der Waals surface area contributed by atoms with Crippen molar-refractivity contribution in [3.8, 4) is 0 Å². The number of H-pyrrole nitrogens is 1. The van der Waals surface area contributed by atoms with Gasteiger partial charge in [-0.2, -0.15) is 0 Å². The zero-order chi connectivity index (χ0) is 21.9. The van der Waals surface area contributed by atoms with Gasteiger partial charge >= 0.3 is 5.69 Å². The monoisotopic (exact) mass is 430 g/mol. The summed E-state index contributed by atoms with van der Waals surface area (Å²) in [5, 5.41) is 8.68.